The average molecular weight is 343 g/mol. The minimum absolute atomic E-state index is 0.190. The highest BCUT2D eigenvalue weighted by atomic mass is 16.2. The quantitative estimate of drug-likeness (QED) is 0.652. The van der Waals surface area contributed by atoms with Crippen molar-refractivity contribution in [2.45, 2.75) is 40.0 Å². The Morgan fingerprint density at radius 3 is 2.00 bits per heavy atom. The number of para-hydroxylation sites is 1. The summed E-state index contributed by atoms with van der Waals surface area (Å²) in [6.45, 7) is 5.58. The van der Waals surface area contributed by atoms with Gasteiger partial charge in [-0.1, -0.05) is 39.0 Å². The van der Waals surface area contributed by atoms with E-state index in [0.29, 0.717) is 19.3 Å². The molecule has 1 aliphatic heterocycles. The van der Waals surface area contributed by atoms with Crippen LogP contribution in [0.15, 0.2) is 30.3 Å². The van der Waals surface area contributed by atoms with Crippen LogP contribution in [0.3, 0.4) is 0 Å². The summed E-state index contributed by atoms with van der Waals surface area (Å²) in [7, 11) is 1.54. The van der Waals surface area contributed by atoms with Crippen LogP contribution in [0.5, 0.6) is 0 Å². The van der Waals surface area contributed by atoms with Crippen LogP contribution in [0.25, 0.3) is 0 Å². The number of rotatable bonds is 3. The Hall–Kier alpha value is -2.37. The highest BCUT2D eigenvalue weighted by Crippen LogP contribution is 2.58. The van der Waals surface area contributed by atoms with Gasteiger partial charge in [0, 0.05) is 17.9 Å². The third-order valence-corrected chi connectivity index (χ3v) is 5.63. The molecule has 25 heavy (non-hydrogen) atoms. The molecule has 3 amide bonds. The lowest BCUT2D eigenvalue weighted by Crippen LogP contribution is -2.64. The Morgan fingerprint density at radius 2 is 1.48 bits per heavy atom. The van der Waals surface area contributed by atoms with Gasteiger partial charge in [-0.05, 0) is 31.4 Å². The van der Waals surface area contributed by atoms with Crippen molar-refractivity contribution in [1.29, 1.82) is 0 Å². The first-order chi connectivity index (χ1) is 11.6. The number of amides is 3. The fourth-order valence-corrected chi connectivity index (χ4v) is 4.94. The molecule has 2 bridgehead atoms. The molecule has 1 saturated heterocycles. The van der Waals surface area contributed by atoms with E-state index >= 15 is 0 Å². The predicted octanol–water partition coefficient (Wildman–Crippen LogP) is 2.33. The van der Waals surface area contributed by atoms with E-state index in [0.717, 1.165) is 5.69 Å². The number of hydrogen-bond acceptors (Lipinski definition) is 4. The molecule has 0 radical (unpaired) electrons. The van der Waals surface area contributed by atoms with Crippen LogP contribution >= 0.6 is 0 Å². The van der Waals surface area contributed by atoms with Gasteiger partial charge < -0.3 is 0 Å². The first-order valence-electron chi connectivity index (χ1n) is 8.54. The number of likely N-dealkylation sites (tertiary alicyclic amines) is 1. The Balaban J connectivity index is 1.83. The lowest BCUT2D eigenvalue weighted by atomic mass is 9.51. The third kappa shape index (κ3) is 2.79. The molecule has 1 aliphatic carbocycles. The van der Waals surface area contributed by atoms with Gasteiger partial charge in [-0.25, -0.2) is 0 Å². The van der Waals surface area contributed by atoms with Gasteiger partial charge in [0.1, 0.15) is 0 Å². The minimum Gasteiger partial charge on any atom is -0.299 e. The molecule has 2 fully saturated rings. The molecule has 6 nitrogen and oxygen atoms in total. The van der Waals surface area contributed by atoms with Crippen LogP contribution in [0.1, 0.15) is 40.0 Å². The second-order valence-electron chi connectivity index (χ2n) is 8.33. The molecule has 2 atom stereocenters. The largest absolute Gasteiger partial charge is 0.299 e. The van der Waals surface area contributed by atoms with E-state index in [1.807, 2.05) is 51.1 Å². The molecule has 134 valence electrons. The molecule has 0 aromatic heterocycles. The van der Waals surface area contributed by atoms with E-state index in [-0.39, 0.29) is 17.7 Å². The maximum atomic E-state index is 12.9. The van der Waals surface area contributed by atoms with E-state index in [4.69, 9.17) is 0 Å². The van der Waals surface area contributed by atoms with Crippen molar-refractivity contribution in [2.24, 2.45) is 16.2 Å². The summed E-state index contributed by atoms with van der Waals surface area (Å²) >= 11 is 0. The maximum absolute atomic E-state index is 12.9. The number of piperidine rings is 1. The lowest BCUT2D eigenvalue weighted by molar-refractivity contribution is -0.178. The number of hydrogen-bond donors (Lipinski definition) is 2. The zero-order chi connectivity index (χ0) is 18.5. The number of anilines is 1. The Bertz CT molecular complexity index is 703. The predicted molar refractivity (Wildman–Crippen MR) is 94.2 cm³/mol. The molecule has 6 heteroatoms. The molecule has 0 spiro atoms. The highest BCUT2D eigenvalue weighted by Gasteiger charge is 2.62. The zero-order valence-corrected chi connectivity index (χ0v) is 15.2. The fourth-order valence-electron chi connectivity index (χ4n) is 4.94. The van der Waals surface area contributed by atoms with E-state index in [2.05, 4.69) is 10.9 Å². The van der Waals surface area contributed by atoms with Crippen LogP contribution in [0.2, 0.25) is 0 Å². The third-order valence-electron chi connectivity index (χ3n) is 5.63. The van der Waals surface area contributed by atoms with E-state index in [1.54, 1.807) is 7.05 Å². The van der Waals surface area contributed by atoms with Gasteiger partial charge >= 0.3 is 0 Å². The van der Waals surface area contributed by atoms with Gasteiger partial charge in [-0.2, -0.15) is 0 Å². The standard InChI is InChI=1S/C19H25N3O3/c1-17(14(23)21-20-13-8-6-5-7-9-13)10-18(2)12-19(3,11-17)16(25)22(4)15(18)24/h5-9,20H,10-12H2,1-4H3,(H,21,23). The number of carbonyl (C=O) groups is 3. The van der Waals surface area contributed by atoms with Gasteiger partial charge in [0.05, 0.1) is 11.1 Å². The highest BCUT2D eigenvalue weighted by molar-refractivity contribution is 6.04. The molecule has 1 heterocycles. The second kappa shape index (κ2) is 5.58. The van der Waals surface area contributed by atoms with Crippen molar-refractivity contribution >= 4 is 23.4 Å². The molecule has 2 unspecified atom stereocenters. The van der Waals surface area contributed by atoms with Crippen molar-refractivity contribution in [1.82, 2.24) is 10.3 Å². The van der Waals surface area contributed by atoms with E-state index in [9.17, 15) is 14.4 Å². The van der Waals surface area contributed by atoms with Crippen molar-refractivity contribution < 1.29 is 14.4 Å². The summed E-state index contributed by atoms with van der Waals surface area (Å²) in [5, 5.41) is 0. The average Bonchev–Trinajstić information content (AvgIpc) is 2.56. The molecule has 1 aromatic rings. The summed E-state index contributed by atoms with van der Waals surface area (Å²) < 4.78 is 0. The van der Waals surface area contributed by atoms with Gasteiger partial charge in [0.15, 0.2) is 0 Å². The van der Waals surface area contributed by atoms with Crippen molar-refractivity contribution in [2.75, 3.05) is 12.5 Å². The van der Waals surface area contributed by atoms with Crippen LogP contribution in [-0.4, -0.2) is 29.7 Å². The molecule has 1 aromatic carbocycles. The summed E-state index contributed by atoms with van der Waals surface area (Å²) in [6.07, 6.45) is 1.35. The molecular weight excluding hydrogens is 318 g/mol. The summed E-state index contributed by atoms with van der Waals surface area (Å²) in [5.41, 5.74) is 4.24. The number of imide groups is 1. The summed E-state index contributed by atoms with van der Waals surface area (Å²) in [5.74, 6) is -0.576. The number of benzene rings is 1. The Kier molecular flexibility index (Phi) is 3.89. The second-order valence-corrected chi connectivity index (χ2v) is 8.33. The van der Waals surface area contributed by atoms with Crippen molar-refractivity contribution in [3.05, 3.63) is 30.3 Å². The molecule has 1 saturated carbocycles. The van der Waals surface area contributed by atoms with Crippen LogP contribution in [0.4, 0.5) is 5.69 Å². The zero-order valence-electron chi connectivity index (χ0n) is 15.2. The van der Waals surface area contributed by atoms with Gasteiger partial charge in [-0.15, -0.1) is 0 Å². The smallest absolute Gasteiger partial charge is 0.244 e. The van der Waals surface area contributed by atoms with E-state index in [1.165, 1.54) is 4.90 Å². The van der Waals surface area contributed by atoms with E-state index < -0.39 is 16.2 Å². The first-order valence-corrected chi connectivity index (χ1v) is 8.54. The monoisotopic (exact) mass is 343 g/mol. The van der Waals surface area contributed by atoms with Crippen molar-refractivity contribution in [3.63, 3.8) is 0 Å². The van der Waals surface area contributed by atoms with Crippen molar-refractivity contribution in [3.8, 4) is 0 Å². The Morgan fingerprint density at radius 1 is 0.960 bits per heavy atom. The lowest BCUT2D eigenvalue weighted by Gasteiger charge is -2.55. The number of nitrogens with one attached hydrogen (secondary N) is 2. The molecule has 2 N–H and O–H groups in total. The minimum atomic E-state index is -0.796. The fraction of sp³-hybridized carbons (Fsp3) is 0.526. The topological polar surface area (TPSA) is 78.5 Å². The molecular formula is C19H25N3O3. The first kappa shape index (κ1) is 17.5. The summed E-state index contributed by atoms with van der Waals surface area (Å²) in [6, 6.07) is 9.34. The number of carbonyl (C=O) groups excluding carboxylic acids is 3. The summed E-state index contributed by atoms with van der Waals surface area (Å²) in [4.78, 5) is 39.4. The number of nitrogens with zero attached hydrogens (tertiary/aromatic N) is 1. The molecule has 3 rings (SSSR count). The van der Waals surface area contributed by atoms with Gasteiger partial charge in [0.2, 0.25) is 17.7 Å². The SMILES string of the molecule is CN1C(=O)C2(C)CC(C)(C(=O)NNc3ccccc3)CC(C)(C2)C1=O. The normalized spacial score (nSPS) is 34.6. The number of fused-ring (bicyclic) bond motifs is 2. The van der Waals surface area contributed by atoms with Crippen LogP contribution < -0.4 is 10.9 Å². The van der Waals surface area contributed by atoms with Gasteiger partial charge in [-0.3, -0.25) is 30.1 Å². The molecule has 2 aliphatic rings. The van der Waals surface area contributed by atoms with Crippen LogP contribution in [0, 0.1) is 16.2 Å². The Labute approximate surface area is 147 Å². The van der Waals surface area contributed by atoms with Gasteiger partial charge in [0.25, 0.3) is 0 Å². The van der Waals surface area contributed by atoms with Crippen LogP contribution in [-0.2, 0) is 14.4 Å². The maximum Gasteiger partial charge on any atom is 0.244 e. The number of hydrazine groups is 1.